The van der Waals surface area contributed by atoms with E-state index in [0.717, 1.165) is 17.5 Å². The number of aliphatic hydroxyl groups is 1. The van der Waals surface area contributed by atoms with Gasteiger partial charge in [-0.05, 0) is 42.5 Å². The van der Waals surface area contributed by atoms with E-state index in [0.29, 0.717) is 11.6 Å². The minimum Gasteiger partial charge on any atom is -0.388 e. The van der Waals surface area contributed by atoms with Crippen molar-refractivity contribution in [3.05, 3.63) is 34.3 Å². The predicted octanol–water partition coefficient (Wildman–Crippen LogP) is 3.35. The van der Waals surface area contributed by atoms with Gasteiger partial charge in [0.15, 0.2) is 0 Å². The summed E-state index contributed by atoms with van der Waals surface area (Å²) in [7, 11) is 1.67. The van der Waals surface area contributed by atoms with Crippen LogP contribution in [0.5, 0.6) is 0 Å². The summed E-state index contributed by atoms with van der Waals surface area (Å²) in [5.74, 6) is 0.164. The molecular formula is C13H19ClO2. The number of aryl methyl sites for hydroxylation is 1. The first-order valence-electron chi connectivity index (χ1n) is 5.49. The van der Waals surface area contributed by atoms with Gasteiger partial charge in [0.05, 0.1) is 6.10 Å². The van der Waals surface area contributed by atoms with Crippen LogP contribution < -0.4 is 0 Å². The number of ether oxygens (including phenoxy) is 1. The van der Waals surface area contributed by atoms with Crippen molar-refractivity contribution in [3.8, 4) is 0 Å². The molecule has 1 N–H and O–H groups in total. The van der Waals surface area contributed by atoms with Gasteiger partial charge in [-0.1, -0.05) is 24.6 Å². The molecule has 16 heavy (non-hydrogen) atoms. The molecule has 1 aromatic carbocycles. The fraction of sp³-hybridized carbons (Fsp3) is 0.538. The number of rotatable bonds is 5. The van der Waals surface area contributed by atoms with Crippen molar-refractivity contribution in [2.24, 2.45) is 5.92 Å². The second-order valence-electron chi connectivity index (χ2n) is 4.20. The normalized spacial score (nSPS) is 14.8. The van der Waals surface area contributed by atoms with E-state index < -0.39 is 6.10 Å². The van der Waals surface area contributed by atoms with Crippen LogP contribution in [0.4, 0.5) is 0 Å². The van der Waals surface area contributed by atoms with Crippen molar-refractivity contribution in [2.45, 2.75) is 26.4 Å². The van der Waals surface area contributed by atoms with Crippen LogP contribution in [0, 0.1) is 12.8 Å². The van der Waals surface area contributed by atoms with Crippen LogP contribution in [0.2, 0.25) is 5.02 Å². The van der Waals surface area contributed by atoms with E-state index in [9.17, 15) is 5.11 Å². The molecule has 0 saturated heterocycles. The Morgan fingerprint density at radius 2 is 2.12 bits per heavy atom. The highest BCUT2D eigenvalue weighted by Crippen LogP contribution is 2.28. The van der Waals surface area contributed by atoms with Crippen LogP contribution >= 0.6 is 11.6 Å². The number of hydrogen-bond donors (Lipinski definition) is 1. The number of hydrogen-bond acceptors (Lipinski definition) is 2. The third-order valence-electron chi connectivity index (χ3n) is 2.88. The van der Waals surface area contributed by atoms with Gasteiger partial charge in [-0.25, -0.2) is 0 Å². The number of aliphatic hydroxyl groups excluding tert-OH is 1. The number of halogens is 1. The minimum absolute atomic E-state index is 0.164. The van der Waals surface area contributed by atoms with E-state index in [1.165, 1.54) is 0 Å². The smallest absolute Gasteiger partial charge is 0.0819 e. The van der Waals surface area contributed by atoms with E-state index in [2.05, 4.69) is 0 Å². The molecule has 1 aromatic rings. The lowest BCUT2D eigenvalue weighted by Gasteiger charge is -2.20. The van der Waals surface area contributed by atoms with Crippen LogP contribution in [-0.4, -0.2) is 18.8 Å². The highest BCUT2D eigenvalue weighted by molar-refractivity contribution is 6.30. The minimum atomic E-state index is -0.478. The van der Waals surface area contributed by atoms with Gasteiger partial charge in [0.1, 0.15) is 0 Å². The molecule has 0 aliphatic rings. The van der Waals surface area contributed by atoms with E-state index in [-0.39, 0.29) is 5.92 Å². The van der Waals surface area contributed by atoms with Gasteiger partial charge in [-0.3, -0.25) is 0 Å². The molecule has 3 heteroatoms. The first kappa shape index (κ1) is 13.5. The van der Waals surface area contributed by atoms with E-state index >= 15 is 0 Å². The maximum Gasteiger partial charge on any atom is 0.0819 e. The second-order valence-corrected chi connectivity index (χ2v) is 4.64. The molecule has 0 heterocycles. The molecule has 0 aromatic heterocycles. The highest BCUT2D eigenvalue weighted by Gasteiger charge is 2.18. The summed E-state index contributed by atoms with van der Waals surface area (Å²) < 4.78 is 5.02. The number of benzene rings is 1. The third-order valence-corrected chi connectivity index (χ3v) is 3.11. The fourth-order valence-electron chi connectivity index (χ4n) is 1.70. The van der Waals surface area contributed by atoms with Gasteiger partial charge in [0, 0.05) is 18.7 Å². The van der Waals surface area contributed by atoms with E-state index in [1.807, 2.05) is 32.0 Å². The van der Waals surface area contributed by atoms with Gasteiger partial charge in [-0.2, -0.15) is 0 Å². The van der Waals surface area contributed by atoms with E-state index in [1.54, 1.807) is 7.11 Å². The van der Waals surface area contributed by atoms with Crippen LogP contribution in [0.15, 0.2) is 18.2 Å². The maximum absolute atomic E-state index is 10.2. The van der Waals surface area contributed by atoms with E-state index in [4.69, 9.17) is 16.3 Å². The Bertz CT molecular complexity index is 339. The van der Waals surface area contributed by atoms with Gasteiger partial charge in [-0.15, -0.1) is 0 Å². The van der Waals surface area contributed by atoms with Crippen molar-refractivity contribution < 1.29 is 9.84 Å². The summed E-state index contributed by atoms with van der Waals surface area (Å²) in [5.41, 5.74) is 1.98. The first-order chi connectivity index (χ1) is 7.56. The van der Waals surface area contributed by atoms with Gasteiger partial charge in [0.2, 0.25) is 0 Å². The molecule has 0 aliphatic heterocycles. The van der Waals surface area contributed by atoms with Crippen molar-refractivity contribution in [1.29, 1.82) is 0 Å². The quantitative estimate of drug-likeness (QED) is 0.858. The largest absolute Gasteiger partial charge is 0.388 e. The summed E-state index contributed by atoms with van der Waals surface area (Å²) in [6, 6.07) is 5.61. The van der Waals surface area contributed by atoms with Crippen LogP contribution in [0.25, 0.3) is 0 Å². The van der Waals surface area contributed by atoms with Gasteiger partial charge >= 0.3 is 0 Å². The Balaban J connectivity index is 2.78. The molecule has 0 spiro atoms. The third kappa shape index (κ3) is 3.48. The second kappa shape index (κ2) is 6.24. The molecule has 2 nitrogen and oxygen atoms in total. The summed E-state index contributed by atoms with van der Waals surface area (Å²) in [6.07, 6.45) is 0.359. The zero-order valence-electron chi connectivity index (χ0n) is 10.0. The monoisotopic (exact) mass is 242 g/mol. The fourth-order valence-corrected chi connectivity index (χ4v) is 1.88. The van der Waals surface area contributed by atoms with Crippen molar-refractivity contribution in [2.75, 3.05) is 13.7 Å². The van der Waals surface area contributed by atoms with Crippen LogP contribution in [-0.2, 0) is 4.74 Å². The summed E-state index contributed by atoms with van der Waals surface area (Å²) in [4.78, 5) is 0. The summed E-state index contributed by atoms with van der Waals surface area (Å²) >= 11 is 5.93. The highest BCUT2D eigenvalue weighted by atomic mass is 35.5. The lowest BCUT2D eigenvalue weighted by Crippen LogP contribution is -2.12. The molecule has 2 atom stereocenters. The molecular weight excluding hydrogens is 224 g/mol. The molecule has 0 aliphatic carbocycles. The van der Waals surface area contributed by atoms with Crippen molar-refractivity contribution in [3.63, 3.8) is 0 Å². The molecule has 0 amide bonds. The Labute approximate surface area is 102 Å². The lowest BCUT2D eigenvalue weighted by atomic mass is 9.92. The molecule has 0 bridgehead atoms. The predicted molar refractivity (Wildman–Crippen MR) is 66.8 cm³/mol. The Morgan fingerprint density at radius 3 is 2.75 bits per heavy atom. The Morgan fingerprint density at radius 1 is 1.44 bits per heavy atom. The lowest BCUT2D eigenvalue weighted by molar-refractivity contribution is 0.0882. The molecule has 90 valence electrons. The summed E-state index contributed by atoms with van der Waals surface area (Å²) in [6.45, 7) is 4.67. The van der Waals surface area contributed by atoms with Crippen molar-refractivity contribution >= 4 is 11.6 Å². The summed E-state index contributed by atoms with van der Waals surface area (Å²) in [5, 5.41) is 10.9. The standard InChI is InChI=1S/C13H19ClO2/c1-9-4-5-11(14)8-12(9)13(15)10(2)6-7-16-3/h4-5,8,10,13,15H,6-7H2,1-3H3. The average molecular weight is 243 g/mol. The molecule has 0 fully saturated rings. The average Bonchev–Trinajstić information content (AvgIpc) is 2.28. The maximum atomic E-state index is 10.2. The zero-order chi connectivity index (χ0) is 12.1. The van der Waals surface area contributed by atoms with Gasteiger partial charge < -0.3 is 9.84 Å². The van der Waals surface area contributed by atoms with Crippen LogP contribution in [0.1, 0.15) is 30.6 Å². The SMILES string of the molecule is COCCC(C)C(O)c1cc(Cl)ccc1C. The number of methoxy groups -OCH3 is 1. The molecule has 0 saturated carbocycles. The Hall–Kier alpha value is -0.570. The molecule has 1 rings (SSSR count). The van der Waals surface area contributed by atoms with Gasteiger partial charge in [0.25, 0.3) is 0 Å². The Kier molecular flexibility index (Phi) is 5.26. The van der Waals surface area contributed by atoms with Crippen LogP contribution in [0.3, 0.4) is 0 Å². The molecule has 2 unspecified atom stereocenters. The zero-order valence-corrected chi connectivity index (χ0v) is 10.8. The first-order valence-corrected chi connectivity index (χ1v) is 5.87. The molecule has 0 radical (unpaired) electrons. The topological polar surface area (TPSA) is 29.5 Å². The van der Waals surface area contributed by atoms with Crippen molar-refractivity contribution in [1.82, 2.24) is 0 Å².